The summed E-state index contributed by atoms with van der Waals surface area (Å²) in [5.74, 6) is 0.103. The summed E-state index contributed by atoms with van der Waals surface area (Å²) in [7, 11) is 0. The number of rotatable bonds is 3. The lowest BCUT2D eigenvalue weighted by Gasteiger charge is -2.22. The number of carbonyl (C=O) groups excluding carboxylic acids is 1. The number of alkyl halides is 1. The van der Waals surface area contributed by atoms with Gasteiger partial charge in [0, 0.05) is 10.9 Å². The predicted octanol–water partition coefficient (Wildman–Crippen LogP) is 2.95. The average Bonchev–Trinajstić information content (AvgIpc) is 2.51. The summed E-state index contributed by atoms with van der Waals surface area (Å²) in [6, 6.07) is 3.32. The molecule has 0 unspecified atom stereocenters. The van der Waals surface area contributed by atoms with Crippen LogP contribution in [0.1, 0.15) is 24.4 Å². The van der Waals surface area contributed by atoms with E-state index in [0.29, 0.717) is 15.8 Å². The molecule has 0 saturated carbocycles. The molecule has 0 radical (unpaired) electrons. The fraction of sp³-hybridized carbons (Fsp3) is 0.444. The van der Waals surface area contributed by atoms with E-state index in [0.717, 1.165) is 0 Å². The van der Waals surface area contributed by atoms with Crippen molar-refractivity contribution in [3.05, 3.63) is 22.6 Å². The minimum Gasteiger partial charge on any atom is -0.444 e. The van der Waals surface area contributed by atoms with Crippen LogP contribution in [0.2, 0.25) is 0 Å². The first-order valence-corrected chi connectivity index (χ1v) is 6.00. The van der Waals surface area contributed by atoms with Gasteiger partial charge in [-0.25, -0.2) is 0 Å². The SMILES string of the molecule is CC(C)(CBr)NC(=O)c1ccc(Br)o1. The summed E-state index contributed by atoms with van der Waals surface area (Å²) in [6.45, 7) is 3.86. The zero-order chi connectivity index (χ0) is 10.8. The molecular weight excluding hydrogens is 314 g/mol. The Morgan fingerprint density at radius 3 is 2.64 bits per heavy atom. The van der Waals surface area contributed by atoms with E-state index in [4.69, 9.17) is 4.42 Å². The van der Waals surface area contributed by atoms with Crippen LogP contribution in [0.3, 0.4) is 0 Å². The molecule has 78 valence electrons. The quantitative estimate of drug-likeness (QED) is 0.869. The van der Waals surface area contributed by atoms with Crippen molar-refractivity contribution in [3.63, 3.8) is 0 Å². The molecule has 0 aliphatic rings. The Bertz CT molecular complexity index is 333. The van der Waals surface area contributed by atoms with E-state index in [1.165, 1.54) is 0 Å². The van der Waals surface area contributed by atoms with Crippen molar-refractivity contribution in [1.82, 2.24) is 5.32 Å². The number of halogens is 2. The zero-order valence-electron chi connectivity index (χ0n) is 7.93. The monoisotopic (exact) mass is 323 g/mol. The van der Waals surface area contributed by atoms with Crippen LogP contribution < -0.4 is 5.32 Å². The van der Waals surface area contributed by atoms with Crippen molar-refractivity contribution in [1.29, 1.82) is 0 Å². The molecule has 14 heavy (non-hydrogen) atoms. The van der Waals surface area contributed by atoms with Crippen LogP contribution in [0, 0.1) is 0 Å². The first-order valence-electron chi connectivity index (χ1n) is 4.08. The van der Waals surface area contributed by atoms with Crippen molar-refractivity contribution in [2.75, 3.05) is 5.33 Å². The van der Waals surface area contributed by atoms with Crippen molar-refractivity contribution in [2.45, 2.75) is 19.4 Å². The molecule has 0 fully saturated rings. The molecule has 1 heterocycles. The number of nitrogens with one attached hydrogen (secondary N) is 1. The van der Waals surface area contributed by atoms with Crippen LogP contribution in [0.5, 0.6) is 0 Å². The third-order valence-electron chi connectivity index (χ3n) is 1.58. The Morgan fingerprint density at radius 2 is 2.21 bits per heavy atom. The number of furan rings is 1. The van der Waals surface area contributed by atoms with Crippen molar-refractivity contribution < 1.29 is 9.21 Å². The van der Waals surface area contributed by atoms with Gasteiger partial charge in [0.2, 0.25) is 0 Å². The highest BCUT2D eigenvalue weighted by Gasteiger charge is 2.21. The number of hydrogen-bond acceptors (Lipinski definition) is 2. The molecule has 0 aliphatic heterocycles. The maximum absolute atomic E-state index is 11.6. The van der Waals surface area contributed by atoms with E-state index in [2.05, 4.69) is 37.2 Å². The van der Waals surface area contributed by atoms with E-state index < -0.39 is 0 Å². The van der Waals surface area contributed by atoms with E-state index >= 15 is 0 Å². The maximum atomic E-state index is 11.6. The van der Waals surface area contributed by atoms with Crippen molar-refractivity contribution in [2.24, 2.45) is 0 Å². The molecule has 5 heteroatoms. The molecule has 1 aromatic rings. The van der Waals surface area contributed by atoms with Crippen LogP contribution in [0.25, 0.3) is 0 Å². The third kappa shape index (κ3) is 3.13. The van der Waals surface area contributed by atoms with Crippen LogP contribution in [-0.2, 0) is 0 Å². The fourth-order valence-electron chi connectivity index (χ4n) is 0.839. The second kappa shape index (κ2) is 4.49. The predicted molar refractivity (Wildman–Crippen MR) is 61.7 cm³/mol. The second-order valence-electron chi connectivity index (χ2n) is 3.58. The second-order valence-corrected chi connectivity index (χ2v) is 4.92. The van der Waals surface area contributed by atoms with Crippen molar-refractivity contribution in [3.8, 4) is 0 Å². The lowest BCUT2D eigenvalue weighted by atomic mass is 10.1. The van der Waals surface area contributed by atoms with Crippen molar-refractivity contribution >= 4 is 37.8 Å². The molecule has 1 N–H and O–H groups in total. The molecule has 1 aromatic heterocycles. The van der Waals surface area contributed by atoms with Gasteiger partial charge >= 0.3 is 0 Å². The summed E-state index contributed by atoms with van der Waals surface area (Å²) >= 11 is 6.46. The van der Waals surface area contributed by atoms with Gasteiger partial charge in [-0.1, -0.05) is 15.9 Å². The smallest absolute Gasteiger partial charge is 0.287 e. The van der Waals surface area contributed by atoms with Gasteiger partial charge in [0.05, 0.1) is 0 Å². The Hall–Kier alpha value is -0.290. The molecule has 1 amide bonds. The Morgan fingerprint density at radius 1 is 1.57 bits per heavy atom. The highest BCUT2D eigenvalue weighted by atomic mass is 79.9. The first kappa shape index (κ1) is 11.8. The van der Waals surface area contributed by atoms with Gasteiger partial charge < -0.3 is 9.73 Å². The van der Waals surface area contributed by atoms with Gasteiger partial charge in [-0.15, -0.1) is 0 Å². The number of carbonyl (C=O) groups is 1. The summed E-state index contributed by atoms with van der Waals surface area (Å²) in [4.78, 5) is 11.6. The Balaban J connectivity index is 2.68. The average molecular weight is 325 g/mol. The minimum atomic E-state index is -0.281. The topological polar surface area (TPSA) is 42.2 Å². The summed E-state index contributed by atoms with van der Waals surface area (Å²) in [5.41, 5.74) is -0.281. The minimum absolute atomic E-state index is 0.208. The lowest BCUT2D eigenvalue weighted by molar-refractivity contribution is 0.0891. The van der Waals surface area contributed by atoms with E-state index in [9.17, 15) is 4.79 Å². The normalized spacial score (nSPS) is 11.4. The highest BCUT2D eigenvalue weighted by molar-refractivity contribution is 9.10. The summed E-state index contributed by atoms with van der Waals surface area (Å²) in [5, 5.41) is 3.52. The molecule has 1 rings (SSSR count). The van der Waals surface area contributed by atoms with E-state index in [1.54, 1.807) is 12.1 Å². The van der Waals surface area contributed by atoms with Gasteiger partial charge in [-0.2, -0.15) is 0 Å². The summed E-state index contributed by atoms with van der Waals surface area (Å²) < 4.78 is 5.68. The molecule has 0 aliphatic carbocycles. The van der Waals surface area contributed by atoms with Crippen LogP contribution in [0.15, 0.2) is 21.2 Å². The van der Waals surface area contributed by atoms with Gasteiger partial charge in [-0.05, 0) is 41.9 Å². The van der Waals surface area contributed by atoms with E-state index in [1.807, 2.05) is 13.8 Å². The molecular formula is C9H11Br2NO2. The zero-order valence-corrected chi connectivity index (χ0v) is 11.1. The number of amides is 1. The molecule has 0 spiro atoms. The van der Waals surface area contributed by atoms with Gasteiger partial charge in [-0.3, -0.25) is 4.79 Å². The summed E-state index contributed by atoms with van der Waals surface area (Å²) in [6.07, 6.45) is 0. The first-order chi connectivity index (χ1) is 6.44. The highest BCUT2D eigenvalue weighted by Crippen LogP contribution is 2.15. The van der Waals surface area contributed by atoms with Gasteiger partial charge in [0.1, 0.15) is 0 Å². The maximum Gasteiger partial charge on any atom is 0.287 e. The molecule has 0 bridgehead atoms. The van der Waals surface area contributed by atoms with Gasteiger partial charge in [0.15, 0.2) is 10.4 Å². The molecule has 0 saturated heterocycles. The lowest BCUT2D eigenvalue weighted by Crippen LogP contribution is -2.44. The standard InChI is InChI=1S/C9H11Br2NO2/c1-9(2,5-10)12-8(13)6-3-4-7(11)14-6/h3-4H,5H2,1-2H3,(H,12,13). The van der Waals surface area contributed by atoms with Crippen LogP contribution in [-0.4, -0.2) is 16.8 Å². The Labute approximate surface area is 99.5 Å². The van der Waals surface area contributed by atoms with Gasteiger partial charge in [0.25, 0.3) is 5.91 Å². The largest absolute Gasteiger partial charge is 0.444 e. The molecule has 3 nitrogen and oxygen atoms in total. The molecule has 0 atom stereocenters. The fourth-order valence-corrected chi connectivity index (χ4v) is 1.29. The van der Waals surface area contributed by atoms with Crippen LogP contribution >= 0.6 is 31.9 Å². The van der Waals surface area contributed by atoms with E-state index in [-0.39, 0.29) is 11.4 Å². The van der Waals surface area contributed by atoms with Crippen LogP contribution in [0.4, 0.5) is 0 Å². The number of hydrogen-bond donors (Lipinski definition) is 1. The molecule has 0 aromatic carbocycles. The third-order valence-corrected chi connectivity index (χ3v) is 3.41. The Kier molecular flexibility index (Phi) is 3.78.